The van der Waals surface area contributed by atoms with Crippen molar-refractivity contribution in [3.05, 3.63) is 34.3 Å². The van der Waals surface area contributed by atoms with E-state index in [2.05, 4.69) is 22.9 Å². The third-order valence-corrected chi connectivity index (χ3v) is 5.14. The highest BCUT2D eigenvalue weighted by Crippen LogP contribution is 2.21. The number of hydrogen-bond acceptors (Lipinski definition) is 4. The zero-order valence-electron chi connectivity index (χ0n) is 17.4. The van der Waals surface area contributed by atoms with Crippen molar-refractivity contribution < 1.29 is 19.1 Å². The number of ether oxygens (including phenoxy) is 2. The molecule has 0 fully saturated rings. The van der Waals surface area contributed by atoms with Gasteiger partial charge in [0.2, 0.25) is 0 Å². The molecule has 1 rings (SSSR count). The Morgan fingerprint density at radius 2 is 1.57 bits per heavy atom. The average Bonchev–Trinajstić information content (AvgIpc) is 2.66. The molecule has 1 unspecified atom stereocenters. The van der Waals surface area contributed by atoms with Gasteiger partial charge in [-0.05, 0) is 37.5 Å². The van der Waals surface area contributed by atoms with Crippen molar-refractivity contribution in [2.45, 2.75) is 90.6 Å². The van der Waals surface area contributed by atoms with Crippen LogP contribution < -0.4 is 0 Å². The van der Waals surface area contributed by atoms with Crippen LogP contribution in [0.5, 0.6) is 0 Å². The van der Waals surface area contributed by atoms with Gasteiger partial charge >= 0.3 is 11.9 Å². The number of unbranched alkanes of at least 4 members (excludes halogenated alkanes) is 7. The molecule has 0 amide bonds. The van der Waals surface area contributed by atoms with Gasteiger partial charge in [0.05, 0.1) is 6.61 Å². The van der Waals surface area contributed by atoms with Crippen molar-refractivity contribution >= 4 is 27.9 Å². The van der Waals surface area contributed by atoms with Crippen LogP contribution in [0.1, 0.15) is 96.1 Å². The second kappa shape index (κ2) is 15.5. The quantitative estimate of drug-likeness (QED) is 0.213. The molecule has 0 saturated heterocycles. The summed E-state index contributed by atoms with van der Waals surface area (Å²) in [5.41, 5.74) is 0.937. The summed E-state index contributed by atoms with van der Waals surface area (Å²) in [6, 6.07) is 7.69. The first-order chi connectivity index (χ1) is 13.5. The number of hydrogen-bond donors (Lipinski definition) is 0. The lowest BCUT2D eigenvalue weighted by atomic mass is 10.1. The molecule has 5 heteroatoms. The summed E-state index contributed by atoms with van der Waals surface area (Å²) >= 11 is 3.41. The Labute approximate surface area is 178 Å². The number of esters is 2. The van der Waals surface area contributed by atoms with Gasteiger partial charge in [-0.3, -0.25) is 9.59 Å². The smallest absolute Gasteiger partial charge is 0.306 e. The third kappa shape index (κ3) is 12.2. The van der Waals surface area contributed by atoms with Gasteiger partial charge in [0, 0.05) is 17.3 Å². The lowest BCUT2D eigenvalue weighted by Crippen LogP contribution is -2.11. The zero-order valence-corrected chi connectivity index (χ0v) is 19.0. The maximum absolute atomic E-state index is 11.9. The highest BCUT2D eigenvalue weighted by atomic mass is 79.9. The summed E-state index contributed by atoms with van der Waals surface area (Å²) in [6.45, 7) is 4.55. The Morgan fingerprint density at radius 3 is 2.25 bits per heavy atom. The molecule has 0 aliphatic carbocycles. The fraction of sp³-hybridized carbons (Fsp3) is 0.652. The van der Waals surface area contributed by atoms with Crippen molar-refractivity contribution in [3.8, 4) is 0 Å². The zero-order chi connectivity index (χ0) is 20.6. The summed E-state index contributed by atoms with van der Waals surface area (Å²) in [6.07, 6.45) is 10.4. The topological polar surface area (TPSA) is 52.6 Å². The van der Waals surface area contributed by atoms with E-state index in [1.807, 2.05) is 31.2 Å². The van der Waals surface area contributed by atoms with Crippen molar-refractivity contribution in [3.63, 3.8) is 0 Å². The van der Waals surface area contributed by atoms with E-state index in [4.69, 9.17) is 9.47 Å². The maximum atomic E-state index is 11.9. The summed E-state index contributed by atoms with van der Waals surface area (Å²) in [4.78, 5) is 23.7. The van der Waals surface area contributed by atoms with E-state index in [0.717, 1.165) is 22.9 Å². The van der Waals surface area contributed by atoms with Crippen LogP contribution in [-0.2, 0) is 19.1 Å². The Balaban J connectivity index is 2.02. The Hall–Kier alpha value is -1.36. The van der Waals surface area contributed by atoms with Crippen LogP contribution >= 0.6 is 15.9 Å². The van der Waals surface area contributed by atoms with Gasteiger partial charge in [-0.25, -0.2) is 0 Å². The van der Waals surface area contributed by atoms with Crippen molar-refractivity contribution in [1.82, 2.24) is 0 Å². The molecule has 0 radical (unpaired) electrons. The first-order valence-electron chi connectivity index (χ1n) is 10.6. The minimum absolute atomic E-state index is 0.226. The van der Waals surface area contributed by atoms with Crippen LogP contribution in [-0.4, -0.2) is 18.5 Å². The molecule has 28 heavy (non-hydrogen) atoms. The minimum Gasteiger partial charge on any atom is -0.466 e. The molecule has 4 nitrogen and oxygen atoms in total. The number of halogens is 1. The molecule has 0 spiro atoms. The largest absolute Gasteiger partial charge is 0.466 e. The molecule has 0 N–H and O–H groups in total. The number of carbonyl (C=O) groups excluding carboxylic acids is 2. The fourth-order valence-electron chi connectivity index (χ4n) is 2.95. The van der Waals surface area contributed by atoms with Crippen LogP contribution in [0, 0.1) is 0 Å². The lowest BCUT2D eigenvalue weighted by molar-refractivity contribution is -0.149. The van der Waals surface area contributed by atoms with Crippen molar-refractivity contribution in [2.24, 2.45) is 0 Å². The van der Waals surface area contributed by atoms with Crippen LogP contribution in [0.15, 0.2) is 28.7 Å². The summed E-state index contributed by atoms with van der Waals surface area (Å²) in [5, 5.41) is 0. The van der Waals surface area contributed by atoms with Gasteiger partial charge in [-0.15, -0.1) is 0 Å². The van der Waals surface area contributed by atoms with E-state index in [9.17, 15) is 9.59 Å². The first-order valence-corrected chi connectivity index (χ1v) is 11.4. The van der Waals surface area contributed by atoms with Crippen molar-refractivity contribution in [2.75, 3.05) is 6.61 Å². The van der Waals surface area contributed by atoms with Crippen LogP contribution in [0.2, 0.25) is 0 Å². The maximum Gasteiger partial charge on any atom is 0.306 e. The predicted molar refractivity (Wildman–Crippen MR) is 116 cm³/mol. The molecule has 0 bridgehead atoms. The Bertz CT molecular complexity index is 573. The molecule has 1 aromatic rings. The molecule has 0 aliphatic rings. The monoisotopic (exact) mass is 454 g/mol. The molecule has 0 saturated carbocycles. The average molecular weight is 455 g/mol. The van der Waals surface area contributed by atoms with E-state index < -0.39 is 0 Å². The van der Waals surface area contributed by atoms with Gasteiger partial charge in [-0.2, -0.15) is 0 Å². The molecular weight excluding hydrogens is 420 g/mol. The molecule has 1 atom stereocenters. The van der Waals surface area contributed by atoms with Gasteiger partial charge in [-0.1, -0.05) is 79.9 Å². The van der Waals surface area contributed by atoms with Crippen LogP contribution in [0.25, 0.3) is 0 Å². The molecule has 0 aromatic heterocycles. The predicted octanol–water partition coefficient (Wildman–Crippen LogP) is 6.91. The third-order valence-electron chi connectivity index (χ3n) is 4.65. The van der Waals surface area contributed by atoms with Gasteiger partial charge in [0.15, 0.2) is 0 Å². The number of rotatable bonds is 15. The van der Waals surface area contributed by atoms with E-state index in [1.54, 1.807) is 0 Å². The lowest BCUT2D eigenvalue weighted by Gasteiger charge is -2.14. The second-order valence-corrected chi connectivity index (χ2v) is 8.15. The molecule has 0 heterocycles. The summed E-state index contributed by atoms with van der Waals surface area (Å²) in [7, 11) is 0. The second-order valence-electron chi connectivity index (χ2n) is 7.24. The highest BCUT2D eigenvalue weighted by molar-refractivity contribution is 9.10. The van der Waals surface area contributed by atoms with E-state index in [0.29, 0.717) is 13.0 Å². The van der Waals surface area contributed by atoms with Gasteiger partial charge in [0.1, 0.15) is 6.10 Å². The van der Waals surface area contributed by atoms with E-state index in [-0.39, 0.29) is 30.9 Å². The van der Waals surface area contributed by atoms with E-state index >= 15 is 0 Å². The molecular formula is C23H35BrO4. The summed E-state index contributed by atoms with van der Waals surface area (Å²) < 4.78 is 11.6. The number of benzene rings is 1. The Kier molecular flexibility index (Phi) is 13.7. The van der Waals surface area contributed by atoms with Gasteiger partial charge < -0.3 is 9.47 Å². The Morgan fingerprint density at radius 1 is 0.929 bits per heavy atom. The molecule has 1 aromatic carbocycles. The molecule has 158 valence electrons. The fourth-order valence-corrected chi connectivity index (χ4v) is 3.37. The van der Waals surface area contributed by atoms with Gasteiger partial charge in [0.25, 0.3) is 0 Å². The van der Waals surface area contributed by atoms with Crippen molar-refractivity contribution in [1.29, 1.82) is 0 Å². The highest BCUT2D eigenvalue weighted by Gasteiger charge is 2.13. The number of carbonyl (C=O) groups is 2. The molecule has 0 aliphatic heterocycles. The summed E-state index contributed by atoms with van der Waals surface area (Å²) in [5.74, 6) is -0.515. The van der Waals surface area contributed by atoms with Crippen LogP contribution in [0.3, 0.4) is 0 Å². The normalized spacial score (nSPS) is 11.8. The SMILES string of the molecule is CCCCCCCCCCOC(=O)CCCC(=O)OC(C)c1cccc(Br)c1. The standard InChI is InChI=1S/C23H35BrO4/c1-3-4-5-6-7-8-9-10-17-27-22(25)15-12-16-23(26)28-19(2)20-13-11-14-21(24)18-20/h11,13-14,18-19H,3-10,12,15-17H2,1-2H3. The first kappa shape index (κ1) is 24.7. The minimum atomic E-state index is -0.307. The van der Waals surface area contributed by atoms with Crippen LogP contribution in [0.4, 0.5) is 0 Å². The van der Waals surface area contributed by atoms with E-state index in [1.165, 1.54) is 38.5 Å².